The van der Waals surface area contributed by atoms with Gasteiger partial charge in [-0.15, -0.1) is 0 Å². The van der Waals surface area contributed by atoms with Gasteiger partial charge in [0.05, 0.1) is 6.54 Å². The van der Waals surface area contributed by atoms with Crippen LogP contribution in [0.4, 0.5) is 11.6 Å². The van der Waals surface area contributed by atoms with E-state index in [1.807, 2.05) is 35.8 Å². The molecule has 0 aliphatic carbocycles. The van der Waals surface area contributed by atoms with E-state index in [-0.39, 0.29) is 17.8 Å². The number of aromatic nitrogens is 4. The zero-order valence-corrected chi connectivity index (χ0v) is 18.0. The minimum atomic E-state index is -0.351. The number of benzene rings is 2. The van der Waals surface area contributed by atoms with E-state index < -0.39 is 0 Å². The summed E-state index contributed by atoms with van der Waals surface area (Å²) in [5.74, 6) is 0.708. The smallest absolute Gasteiger partial charge is 0.310 e. The summed E-state index contributed by atoms with van der Waals surface area (Å²) in [6.45, 7) is 5.76. The maximum Gasteiger partial charge on any atom is 0.332 e. The Bertz CT molecular complexity index is 1410. The summed E-state index contributed by atoms with van der Waals surface area (Å²) in [5, 5.41) is 0. The number of fused-ring (bicyclic) bond motifs is 3. The van der Waals surface area contributed by atoms with Gasteiger partial charge in [-0.3, -0.25) is 13.9 Å². The molecule has 5 rings (SSSR count). The van der Waals surface area contributed by atoms with Crippen LogP contribution in [0.25, 0.3) is 11.2 Å². The minimum Gasteiger partial charge on any atom is -0.310 e. The lowest BCUT2D eigenvalue weighted by molar-refractivity contribution is 0.650. The molecule has 158 valence electrons. The molecule has 0 radical (unpaired) electrons. The van der Waals surface area contributed by atoms with Gasteiger partial charge in [-0.25, -0.2) is 4.79 Å². The Balaban J connectivity index is 1.65. The number of rotatable bonds is 4. The van der Waals surface area contributed by atoms with Gasteiger partial charge in [0.1, 0.15) is 0 Å². The molecule has 0 amide bonds. The van der Waals surface area contributed by atoms with E-state index in [1.54, 1.807) is 7.05 Å². The van der Waals surface area contributed by atoms with Crippen LogP contribution >= 0.6 is 0 Å². The number of imidazole rings is 1. The number of aryl methyl sites for hydroxylation is 3. The molecule has 0 unspecified atom stereocenters. The molecule has 0 N–H and O–H groups in total. The van der Waals surface area contributed by atoms with Gasteiger partial charge < -0.3 is 9.47 Å². The Morgan fingerprint density at radius 2 is 1.74 bits per heavy atom. The summed E-state index contributed by atoms with van der Waals surface area (Å²) in [5.41, 5.74) is 4.60. The molecule has 2 aromatic heterocycles. The topological polar surface area (TPSA) is 65.1 Å². The van der Waals surface area contributed by atoms with Crippen molar-refractivity contribution >= 4 is 22.8 Å². The van der Waals surface area contributed by atoms with Crippen LogP contribution in [0.2, 0.25) is 0 Å². The van der Waals surface area contributed by atoms with Gasteiger partial charge in [-0.1, -0.05) is 43.3 Å². The monoisotopic (exact) mass is 415 g/mol. The highest BCUT2D eigenvalue weighted by molar-refractivity contribution is 5.77. The Morgan fingerprint density at radius 1 is 1.00 bits per heavy atom. The first kappa shape index (κ1) is 19.4. The van der Waals surface area contributed by atoms with Gasteiger partial charge in [-0.2, -0.15) is 4.98 Å². The maximum absolute atomic E-state index is 13.4. The maximum atomic E-state index is 13.4. The first-order valence-corrected chi connectivity index (χ1v) is 10.6. The summed E-state index contributed by atoms with van der Waals surface area (Å²) in [7, 11) is 1.68. The predicted molar refractivity (Wildman–Crippen MR) is 122 cm³/mol. The van der Waals surface area contributed by atoms with Gasteiger partial charge in [-0.05, 0) is 42.2 Å². The average molecular weight is 415 g/mol. The van der Waals surface area contributed by atoms with E-state index >= 15 is 0 Å². The number of nitrogens with zero attached hydrogens (tertiary/aromatic N) is 5. The predicted octanol–water partition coefficient (Wildman–Crippen LogP) is 2.97. The van der Waals surface area contributed by atoms with Crippen molar-refractivity contribution in [2.45, 2.75) is 33.4 Å². The van der Waals surface area contributed by atoms with Gasteiger partial charge in [0, 0.05) is 25.8 Å². The van der Waals surface area contributed by atoms with Gasteiger partial charge in [0.2, 0.25) is 5.95 Å². The number of anilines is 2. The highest BCUT2D eigenvalue weighted by Crippen LogP contribution is 2.31. The zero-order chi connectivity index (χ0) is 21.7. The second-order valence-corrected chi connectivity index (χ2v) is 8.07. The Kier molecular flexibility index (Phi) is 4.54. The van der Waals surface area contributed by atoms with E-state index in [0.29, 0.717) is 23.7 Å². The SMILES string of the molecule is CCc1ccc(N2CCn3c2nc2c3c(=O)n(Cc3ccccc3C)c(=O)n2C)cc1. The summed E-state index contributed by atoms with van der Waals surface area (Å²) in [4.78, 5) is 33.3. The van der Waals surface area contributed by atoms with Crippen molar-refractivity contribution in [3.8, 4) is 0 Å². The molecule has 0 atom stereocenters. The number of hydrogen-bond donors (Lipinski definition) is 0. The number of hydrogen-bond acceptors (Lipinski definition) is 4. The van der Waals surface area contributed by atoms with E-state index in [2.05, 4.69) is 36.1 Å². The molecule has 4 aromatic rings. The van der Waals surface area contributed by atoms with Crippen LogP contribution in [-0.2, 0) is 26.6 Å². The molecule has 31 heavy (non-hydrogen) atoms. The summed E-state index contributed by atoms with van der Waals surface area (Å²) >= 11 is 0. The van der Waals surface area contributed by atoms with E-state index in [0.717, 1.165) is 29.8 Å². The molecule has 1 aliphatic rings. The van der Waals surface area contributed by atoms with Crippen LogP contribution in [0.5, 0.6) is 0 Å². The van der Waals surface area contributed by atoms with Crippen LogP contribution in [0, 0.1) is 6.92 Å². The molecule has 2 aromatic carbocycles. The van der Waals surface area contributed by atoms with Crippen molar-refractivity contribution in [1.29, 1.82) is 0 Å². The van der Waals surface area contributed by atoms with Gasteiger partial charge >= 0.3 is 5.69 Å². The van der Waals surface area contributed by atoms with E-state index in [1.165, 1.54) is 14.7 Å². The van der Waals surface area contributed by atoms with Crippen LogP contribution in [-0.4, -0.2) is 25.2 Å². The fourth-order valence-corrected chi connectivity index (χ4v) is 4.33. The molecule has 3 heterocycles. The molecule has 0 saturated heterocycles. The Labute approximate surface area is 179 Å². The van der Waals surface area contributed by atoms with Gasteiger partial charge in [0.15, 0.2) is 11.2 Å². The van der Waals surface area contributed by atoms with Gasteiger partial charge in [0.25, 0.3) is 5.56 Å². The van der Waals surface area contributed by atoms with Crippen molar-refractivity contribution in [2.75, 3.05) is 11.4 Å². The summed E-state index contributed by atoms with van der Waals surface area (Å²) in [6, 6.07) is 16.2. The molecule has 1 aliphatic heterocycles. The Morgan fingerprint density at radius 3 is 2.45 bits per heavy atom. The first-order chi connectivity index (χ1) is 15.0. The summed E-state index contributed by atoms with van der Waals surface area (Å²) < 4.78 is 4.75. The first-order valence-electron chi connectivity index (χ1n) is 10.6. The van der Waals surface area contributed by atoms with Crippen molar-refractivity contribution in [3.63, 3.8) is 0 Å². The Hall–Kier alpha value is -3.61. The molecular formula is C24H25N5O2. The standard InChI is InChI=1S/C24H25N5O2/c1-4-17-9-11-19(12-10-17)27-13-14-28-20-21(25-23(27)28)26(3)24(31)29(22(20)30)15-18-8-6-5-7-16(18)2/h5-12H,4,13-15H2,1-3H3. The largest absolute Gasteiger partial charge is 0.332 e. The second kappa shape index (κ2) is 7.27. The lowest BCUT2D eigenvalue weighted by atomic mass is 10.1. The molecule has 7 heteroatoms. The van der Waals surface area contributed by atoms with Crippen LogP contribution in [0.3, 0.4) is 0 Å². The summed E-state index contributed by atoms with van der Waals surface area (Å²) in [6.07, 6.45) is 0.987. The molecule has 7 nitrogen and oxygen atoms in total. The van der Waals surface area contributed by atoms with Crippen LogP contribution < -0.4 is 16.1 Å². The highest BCUT2D eigenvalue weighted by atomic mass is 16.2. The lowest BCUT2D eigenvalue weighted by Gasteiger charge is -2.16. The second-order valence-electron chi connectivity index (χ2n) is 8.07. The lowest BCUT2D eigenvalue weighted by Crippen LogP contribution is -2.40. The van der Waals surface area contributed by atoms with Crippen molar-refractivity contribution in [3.05, 3.63) is 86.1 Å². The zero-order valence-electron chi connectivity index (χ0n) is 18.0. The van der Waals surface area contributed by atoms with Crippen molar-refractivity contribution in [1.82, 2.24) is 18.7 Å². The molecule has 0 bridgehead atoms. The molecule has 0 fully saturated rings. The third-order valence-corrected chi connectivity index (χ3v) is 6.25. The van der Waals surface area contributed by atoms with E-state index in [4.69, 9.17) is 4.98 Å². The third kappa shape index (κ3) is 3.00. The molecule has 0 saturated carbocycles. The normalized spacial score (nSPS) is 13.2. The average Bonchev–Trinajstić information content (AvgIpc) is 3.36. The fraction of sp³-hybridized carbons (Fsp3) is 0.292. The van der Waals surface area contributed by atoms with Crippen molar-refractivity contribution in [2.24, 2.45) is 7.05 Å². The molecule has 0 spiro atoms. The molecular weight excluding hydrogens is 390 g/mol. The van der Waals surface area contributed by atoms with E-state index in [9.17, 15) is 9.59 Å². The van der Waals surface area contributed by atoms with Crippen LogP contribution in [0.15, 0.2) is 58.1 Å². The quantitative estimate of drug-likeness (QED) is 0.514. The minimum absolute atomic E-state index is 0.247. The third-order valence-electron chi connectivity index (χ3n) is 6.25. The fourth-order valence-electron chi connectivity index (χ4n) is 4.33. The van der Waals surface area contributed by atoms with Crippen molar-refractivity contribution < 1.29 is 0 Å². The highest BCUT2D eigenvalue weighted by Gasteiger charge is 2.28. The van der Waals surface area contributed by atoms with Crippen LogP contribution in [0.1, 0.15) is 23.6 Å².